The molecule has 3 atom stereocenters. The Kier molecular flexibility index (Phi) is 4.92. The van der Waals surface area contributed by atoms with Crippen molar-refractivity contribution in [2.75, 3.05) is 13.1 Å². The van der Waals surface area contributed by atoms with Crippen LogP contribution in [0.15, 0.2) is 0 Å². The van der Waals surface area contributed by atoms with E-state index in [1.807, 2.05) is 13.8 Å². The zero-order valence-corrected chi connectivity index (χ0v) is 14.0. The summed E-state index contributed by atoms with van der Waals surface area (Å²) in [6.07, 6.45) is 12.6. The van der Waals surface area contributed by atoms with Crippen molar-refractivity contribution in [1.29, 1.82) is 0 Å². The number of nitrogens with zero attached hydrogens (tertiary/aromatic N) is 1. The Labute approximate surface area is 130 Å². The first-order valence-electron chi connectivity index (χ1n) is 9.24. The van der Waals surface area contributed by atoms with E-state index < -0.39 is 5.60 Å². The highest BCUT2D eigenvalue weighted by molar-refractivity contribution is 4.97. The lowest BCUT2D eigenvalue weighted by atomic mass is 9.88. The molecule has 0 aromatic heterocycles. The van der Waals surface area contributed by atoms with Gasteiger partial charge in [-0.1, -0.05) is 19.3 Å². The van der Waals surface area contributed by atoms with Crippen LogP contribution in [0.1, 0.15) is 71.6 Å². The zero-order chi connectivity index (χ0) is 14.9. The maximum atomic E-state index is 10.3. The molecule has 0 bridgehead atoms. The SMILES string of the molecule is CC(C)(O)CC1CC2CCCNC2N1CC1CCCCC1. The normalized spacial score (nSPS) is 35.9. The topological polar surface area (TPSA) is 35.5 Å². The monoisotopic (exact) mass is 294 g/mol. The molecule has 3 unspecified atom stereocenters. The van der Waals surface area contributed by atoms with Crippen LogP contribution in [0.25, 0.3) is 0 Å². The molecule has 2 saturated heterocycles. The Morgan fingerprint density at radius 1 is 1.10 bits per heavy atom. The molecule has 0 radical (unpaired) electrons. The lowest BCUT2D eigenvalue weighted by Gasteiger charge is -2.39. The fraction of sp³-hybridized carbons (Fsp3) is 1.00. The first-order valence-corrected chi connectivity index (χ1v) is 9.24. The van der Waals surface area contributed by atoms with Crippen LogP contribution in [-0.4, -0.2) is 40.9 Å². The van der Waals surface area contributed by atoms with E-state index in [0.717, 1.165) is 18.3 Å². The molecule has 0 amide bonds. The van der Waals surface area contributed by atoms with Crippen LogP contribution in [0.5, 0.6) is 0 Å². The average Bonchev–Trinajstić information content (AvgIpc) is 2.76. The molecule has 21 heavy (non-hydrogen) atoms. The van der Waals surface area contributed by atoms with Gasteiger partial charge in [-0.3, -0.25) is 4.90 Å². The maximum absolute atomic E-state index is 10.3. The minimum Gasteiger partial charge on any atom is -0.390 e. The zero-order valence-electron chi connectivity index (χ0n) is 14.0. The second-order valence-electron chi connectivity index (χ2n) is 8.41. The van der Waals surface area contributed by atoms with E-state index >= 15 is 0 Å². The summed E-state index contributed by atoms with van der Waals surface area (Å²) in [6, 6.07) is 0.576. The summed E-state index contributed by atoms with van der Waals surface area (Å²) in [4.78, 5) is 2.75. The van der Waals surface area contributed by atoms with Crippen molar-refractivity contribution in [3.8, 4) is 0 Å². The molecular weight excluding hydrogens is 260 g/mol. The fourth-order valence-corrected chi connectivity index (χ4v) is 4.99. The van der Waals surface area contributed by atoms with Gasteiger partial charge in [0.05, 0.1) is 11.8 Å². The number of nitrogens with one attached hydrogen (secondary N) is 1. The Morgan fingerprint density at radius 2 is 1.86 bits per heavy atom. The van der Waals surface area contributed by atoms with Gasteiger partial charge in [-0.15, -0.1) is 0 Å². The molecule has 2 N–H and O–H groups in total. The fourth-order valence-electron chi connectivity index (χ4n) is 4.99. The number of likely N-dealkylation sites (tertiary alicyclic amines) is 1. The molecule has 0 aromatic carbocycles. The molecule has 0 aromatic rings. The molecule has 3 fully saturated rings. The molecule has 3 heteroatoms. The van der Waals surface area contributed by atoms with Crippen LogP contribution in [0.3, 0.4) is 0 Å². The molecule has 3 nitrogen and oxygen atoms in total. The Balaban J connectivity index is 1.67. The summed E-state index contributed by atoms with van der Waals surface area (Å²) in [5.74, 6) is 1.71. The highest BCUT2D eigenvalue weighted by Gasteiger charge is 2.43. The molecule has 2 aliphatic heterocycles. The van der Waals surface area contributed by atoms with E-state index in [-0.39, 0.29) is 0 Å². The van der Waals surface area contributed by atoms with Gasteiger partial charge in [-0.2, -0.15) is 0 Å². The van der Waals surface area contributed by atoms with E-state index in [2.05, 4.69) is 10.2 Å². The van der Waals surface area contributed by atoms with E-state index in [4.69, 9.17) is 0 Å². The lowest BCUT2D eigenvalue weighted by molar-refractivity contribution is 0.0254. The van der Waals surface area contributed by atoms with Gasteiger partial charge in [0, 0.05) is 12.6 Å². The van der Waals surface area contributed by atoms with Crippen molar-refractivity contribution in [3.63, 3.8) is 0 Å². The number of piperidine rings is 1. The van der Waals surface area contributed by atoms with Crippen LogP contribution >= 0.6 is 0 Å². The van der Waals surface area contributed by atoms with Crippen molar-refractivity contribution in [2.24, 2.45) is 11.8 Å². The minimum atomic E-state index is -0.539. The van der Waals surface area contributed by atoms with Crippen molar-refractivity contribution in [1.82, 2.24) is 10.2 Å². The highest BCUT2D eigenvalue weighted by atomic mass is 16.3. The second kappa shape index (κ2) is 6.55. The summed E-state index contributed by atoms with van der Waals surface area (Å²) in [6.45, 7) is 6.38. The van der Waals surface area contributed by atoms with Gasteiger partial charge in [0.25, 0.3) is 0 Å². The number of aliphatic hydroxyl groups is 1. The highest BCUT2D eigenvalue weighted by Crippen LogP contribution is 2.39. The molecule has 3 rings (SSSR count). The van der Waals surface area contributed by atoms with Gasteiger partial charge < -0.3 is 10.4 Å². The third-order valence-corrected chi connectivity index (χ3v) is 5.88. The predicted octanol–water partition coefficient (Wildman–Crippen LogP) is 3.13. The standard InChI is InChI=1S/C18H34N2O/c1-18(2,21)12-16-11-15-9-6-10-19-17(15)20(16)13-14-7-4-3-5-8-14/h14-17,19,21H,3-13H2,1-2H3. The second-order valence-corrected chi connectivity index (χ2v) is 8.41. The van der Waals surface area contributed by atoms with Crippen LogP contribution in [0.4, 0.5) is 0 Å². The van der Waals surface area contributed by atoms with E-state index in [1.54, 1.807) is 0 Å². The maximum Gasteiger partial charge on any atom is 0.0629 e. The third kappa shape index (κ3) is 4.00. The number of hydrogen-bond acceptors (Lipinski definition) is 3. The van der Waals surface area contributed by atoms with Gasteiger partial charge in [0.15, 0.2) is 0 Å². The van der Waals surface area contributed by atoms with Crippen LogP contribution < -0.4 is 5.32 Å². The molecule has 2 heterocycles. The Morgan fingerprint density at radius 3 is 2.57 bits per heavy atom. The molecule has 1 saturated carbocycles. The summed E-state index contributed by atoms with van der Waals surface area (Å²) in [5.41, 5.74) is -0.539. The quantitative estimate of drug-likeness (QED) is 0.836. The van der Waals surface area contributed by atoms with Crippen molar-refractivity contribution in [3.05, 3.63) is 0 Å². The van der Waals surface area contributed by atoms with E-state index in [0.29, 0.717) is 12.2 Å². The van der Waals surface area contributed by atoms with Gasteiger partial charge >= 0.3 is 0 Å². The smallest absolute Gasteiger partial charge is 0.0629 e. The number of fused-ring (bicyclic) bond motifs is 1. The largest absolute Gasteiger partial charge is 0.390 e. The summed E-state index contributed by atoms with van der Waals surface area (Å²) in [7, 11) is 0. The molecular formula is C18H34N2O. The molecule has 1 aliphatic carbocycles. The van der Waals surface area contributed by atoms with Crippen LogP contribution in [0, 0.1) is 11.8 Å². The van der Waals surface area contributed by atoms with Crippen molar-refractivity contribution < 1.29 is 5.11 Å². The van der Waals surface area contributed by atoms with Gasteiger partial charge in [0.2, 0.25) is 0 Å². The van der Waals surface area contributed by atoms with Crippen LogP contribution in [0.2, 0.25) is 0 Å². The van der Waals surface area contributed by atoms with Gasteiger partial charge in [-0.05, 0) is 70.8 Å². The third-order valence-electron chi connectivity index (χ3n) is 5.88. The predicted molar refractivity (Wildman–Crippen MR) is 87.1 cm³/mol. The number of hydrogen-bond donors (Lipinski definition) is 2. The van der Waals surface area contributed by atoms with Gasteiger partial charge in [0.1, 0.15) is 0 Å². The Hall–Kier alpha value is -0.120. The van der Waals surface area contributed by atoms with Crippen molar-refractivity contribution in [2.45, 2.75) is 89.4 Å². The average molecular weight is 294 g/mol. The van der Waals surface area contributed by atoms with Crippen LogP contribution in [-0.2, 0) is 0 Å². The number of rotatable bonds is 4. The molecule has 0 spiro atoms. The van der Waals surface area contributed by atoms with E-state index in [9.17, 15) is 5.11 Å². The lowest BCUT2D eigenvalue weighted by Crippen LogP contribution is -2.52. The molecule has 122 valence electrons. The minimum absolute atomic E-state index is 0.539. The van der Waals surface area contributed by atoms with E-state index in [1.165, 1.54) is 64.5 Å². The Bertz CT molecular complexity index is 333. The molecule has 3 aliphatic rings. The summed E-state index contributed by atoms with van der Waals surface area (Å²) in [5, 5.41) is 14.1. The van der Waals surface area contributed by atoms with Crippen molar-refractivity contribution >= 4 is 0 Å². The van der Waals surface area contributed by atoms with Gasteiger partial charge in [-0.25, -0.2) is 0 Å². The first-order chi connectivity index (χ1) is 10.0. The summed E-state index contributed by atoms with van der Waals surface area (Å²) >= 11 is 0. The first kappa shape index (κ1) is 15.8. The summed E-state index contributed by atoms with van der Waals surface area (Å²) < 4.78 is 0.